The fraction of sp³-hybridized carbons (Fsp3) is 0.667. The van der Waals surface area contributed by atoms with Crippen LogP contribution < -0.4 is 0 Å². The topological polar surface area (TPSA) is 172 Å². The second-order valence-corrected chi connectivity index (χ2v) is 10.1. The van der Waals surface area contributed by atoms with Crippen LogP contribution in [0.2, 0.25) is 0 Å². The predicted molar refractivity (Wildman–Crippen MR) is 115 cm³/mol. The molecule has 192 valence electrons. The molecule has 0 spiro atoms. The molecule has 1 aromatic carbocycles. The van der Waals surface area contributed by atoms with Crippen LogP contribution in [0.15, 0.2) is 30.3 Å². The average Bonchev–Trinajstić information content (AvgIpc) is 3.19. The van der Waals surface area contributed by atoms with Crippen LogP contribution >= 0.6 is 0 Å². The molecule has 2 heterocycles. The minimum atomic E-state index is -1.70. The van der Waals surface area contributed by atoms with Crippen molar-refractivity contribution in [3.8, 4) is 0 Å². The maximum absolute atomic E-state index is 13.5. The van der Waals surface area contributed by atoms with E-state index in [2.05, 4.69) is 0 Å². The molecule has 4 bridgehead atoms. The van der Waals surface area contributed by atoms with E-state index >= 15 is 0 Å². The highest BCUT2D eigenvalue weighted by Crippen LogP contribution is 2.69. The van der Waals surface area contributed by atoms with E-state index in [1.54, 1.807) is 37.3 Å². The van der Waals surface area contributed by atoms with Crippen LogP contribution in [-0.2, 0) is 23.7 Å². The molecule has 0 amide bonds. The van der Waals surface area contributed by atoms with Gasteiger partial charge in [-0.25, -0.2) is 4.79 Å². The van der Waals surface area contributed by atoms with Crippen molar-refractivity contribution in [2.45, 2.75) is 74.2 Å². The lowest BCUT2D eigenvalue weighted by atomic mass is 9.58. The van der Waals surface area contributed by atoms with Gasteiger partial charge in [-0.15, -0.1) is 0 Å². The van der Waals surface area contributed by atoms with Gasteiger partial charge in [-0.05, 0) is 31.9 Å². The predicted octanol–water partition coefficient (Wildman–Crippen LogP) is -1.12. The molecular weight excluding hydrogens is 464 g/mol. The third-order valence-corrected chi connectivity index (χ3v) is 8.37. The van der Waals surface area contributed by atoms with Gasteiger partial charge < -0.3 is 44.5 Å². The lowest BCUT2D eigenvalue weighted by molar-refractivity contribution is -0.354. The van der Waals surface area contributed by atoms with E-state index in [9.17, 15) is 35.1 Å². The summed E-state index contributed by atoms with van der Waals surface area (Å²) in [5.74, 6) is -2.01. The third-order valence-electron chi connectivity index (χ3n) is 8.37. The Morgan fingerprint density at radius 3 is 2.51 bits per heavy atom. The number of benzene rings is 1. The quantitative estimate of drug-likeness (QED) is 0.303. The maximum atomic E-state index is 13.5. The second kappa shape index (κ2) is 8.48. The minimum Gasteiger partial charge on any atom is -0.461 e. The molecular formula is C24H30O11. The van der Waals surface area contributed by atoms with Crippen LogP contribution in [0.1, 0.15) is 36.5 Å². The SMILES string of the molecule is CC12C[C@@H](O)C3CCC1(O[C@@H]1O[C@H](CO)[C@@H](O)[C@H](O)[C@H]1O)C3(COC(=O)c1ccccc1)C(=O)O2. The van der Waals surface area contributed by atoms with Crippen LogP contribution in [0.3, 0.4) is 0 Å². The second-order valence-electron chi connectivity index (χ2n) is 10.1. The molecule has 1 aromatic rings. The Balaban J connectivity index is 1.50. The molecule has 10 atom stereocenters. The highest BCUT2D eigenvalue weighted by Gasteiger charge is 2.84. The van der Waals surface area contributed by atoms with Gasteiger partial charge in [0.1, 0.15) is 47.6 Å². The first-order valence-electron chi connectivity index (χ1n) is 11.7. The maximum Gasteiger partial charge on any atom is 0.338 e. The number of hydrogen-bond acceptors (Lipinski definition) is 11. The highest BCUT2D eigenvalue weighted by molar-refractivity contribution is 5.90. The lowest BCUT2D eigenvalue weighted by Gasteiger charge is -2.53. The summed E-state index contributed by atoms with van der Waals surface area (Å²) < 4.78 is 23.3. The largest absolute Gasteiger partial charge is 0.461 e. The zero-order valence-corrected chi connectivity index (χ0v) is 19.1. The van der Waals surface area contributed by atoms with Gasteiger partial charge in [0.15, 0.2) is 6.29 Å². The van der Waals surface area contributed by atoms with Gasteiger partial charge >= 0.3 is 11.9 Å². The van der Waals surface area contributed by atoms with E-state index in [4.69, 9.17) is 18.9 Å². The number of ether oxygens (including phenoxy) is 4. The van der Waals surface area contributed by atoms with Crippen LogP contribution in [0.4, 0.5) is 0 Å². The standard InChI is InChI=1S/C24H30O11/c1-22-9-14(26)13-7-8-24(22,34-20-18(29)17(28)16(27)15(10-25)33-20)23(13,21(31)35-22)11-32-19(30)12-5-3-2-4-6-12/h2-6,13-18,20,25-29H,7-11H2,1H3/t13?,14-,15-,16-,17+,18-,20+,22?,23?,24?/m1/s1. The van der Waals surface area contributed by atoms with Crippen molar-refractivity contribution in [2.24, 2.45) is 11.3 Å². The molecule has 11 nitrogen and oxygen atoms in total. The lowest BCUT2D eigenvalue weighted by Crippen LogP contribution is -2.69. The van der Waals surface area contributed by atoms with Crippen LogP contribution in [0.5, 0.6) is 0 Å². The zero-order chi connectivity index (χ0) is 25.2. The number of hydrogen-bond donors (Lipinski definition) is 5. The molecule has 4 fully saturated rings. The van der Waals surface area contributed by atoms with Gasteiger partial charge in [-0.2, -0.15) is 0 Å². The van der Waals surface area contributed by atoms with Crippen molar-refractivity contribution in [2.75, 3.05) is 13.2 Å². The Labute approximate surface area is 201 Å². The first-order valence-corrected chi connectivity index (χ1v) is 11.7. The summed E-state index contributed by atoms with van der Waals surface area (Å²) >= 11 is 0. The Morgan fingerprint density at radius 2 is 1.83 bits per heavy atom. The number of aliphatic hydroxyl groups is 5. The van der Waals surface area contributed by atoms with Gasteiger partial charge in [0, 0.05) is 12.3 Å². The van der Waals surface area contributed by atoms with Gasteiger partial charge in [0.2, 0.25) is 0 Å². The summed E-state index contributed by atoms with van der Waals surface area (Å²) in [5.41, 5.74) is -4.14. The summed E-state index contributed by atoms with van der Waals surface area (Å²) in [4.78, 5) is 26.2. The van der Waals surface area contributed by atoms with E-state index in [1.807, 2.05) is 0 Å². The summed E-state index contributed by atoms with van der Waals surface area (Å²) in [6, 6.07) is 8.24. The van der Waals surface area contributed by atoms with E-state index in [1.165, 1.54) is 0 Å². The summed E-state index contributed by atoms with van der Waals surface area (Å²) in [6.45, 7) is 0.528. The van der Waals surface area contributed by atoms with Crippen LogP contribution in [-0.4, -0.2) is 98.7 Å². The van der Waals surface area contributed by atoms with E-state index in [0.717, 1.165) is 0 Å². The number of carbonyl (C=O) groups excluding carboxylic acids is 2. The van der Waals surface area contributed by atoms with Gasteiger partial charge in [0.05, 0.1) is 18.3 Å². The summed E-state index contributed by atoms with van der Waals surface area (Å²) in [6.07, 6.45) is -8.01. The Kier molecular flexibility index (Phi) is 5.95. The smallest absolute Gasteiger partial charge is 0.338 e. The molecule has 2 aliphatic carbocycles. The highest BCUT2D eigenvalue weighted by atomic mass is 16.7. The van der Waals surface area contributed by atoms with E-state index in [0.29, 0.717) is 6.42 Å². The van der Waals surface area contributed by atoms with Gasteiger partial charge in [-0.1, -0.05) is 18.2 Å². The van der Waals surface area contributed by atoms with Crippen molar-refractivity contribution in [3.05, 3.63) is 35.9 Å². The summed E-state index contributed by atoms with van der Waals surface area (Å²) in [7, 11) is 0. The van der Waals surface area contributed by atoms with Crippen LogP contribution in [0.25, 0.3) is 0 Å². The zero-order valence-electron chi connectivity index (χ0n) is 19.1. The molecule has 2 saturated carbocycles. The molecule has 0 aromatic heterocycles. The van der Waals surface area contributed by atoms with Crippen molar-refractivity contribution in [3.63, 3.8) is 0 Å². The summed E-state index contributed by atoms with van der Waals surface area (Å²) in [5, 5.41) is 51.5. The fourth-order valence-electron chi connectivity index (χ4n) is 6.60. The van der Waals surface area contributed by atoms with Gasteiger partial charge in [-0.3, -0.25) is 4.79 Å². The molecule has 4 aliphatic rings. The molecule has 4 unspecified atom stereocenters. The number of esters is 2. The molecule has 11 heteroatoms. The minimum absolute atomic E-state index is 0.0508. The molecule has 35 heavy (non-hydrogen) atoms. The van der Waals surface area contributed by atoms with Crippen molar-refractivity contribution in [1.82, 2.24) is 0 Å². The molecule has 5 rings (SSSR count). The van der Waals surface area contributed by atoms with Crippen molar-refractivity contribution >= 4 is 11.9 Å². The molecule has 2 aliphatic heterocycles. The monoisotopic (exact) mass is 494 g/mol. The first-order chi connectivity index (χ1) is 16.6. The Bertz CT molecular complexity index is 985. The number of aliphatic hydroxyl groups excluding tert-OH is 5. The van der Waals surface area contributed by atoms with Crippen molar-refractivity contribution < 1.29 is 54.1 Å². The number of rotatable bonds is 6. The van der Waals surface area contributed by atoms with Crippen molar-refractivity contribution in [1.29, 1.82) is 0 Å². The normalized spacial score (nSPS) is 46.3. The van der Waals surface area contributed by atoms with Gasteiger partial charge in [0.25, 0.3) is 0 Å². The van der Waals surface area contributed by atoms with E-state index < -0.39 is 84.5 Å². The Hall–Kier alpha value is -2.12. The number of carbonyl (C=O) groups is 2. The Morgan fingerprint density at radius 1 is 1.11 bits per heavy atom. The van der Waals surface area contributed by atoms with E-state index in [-0.39, 0.29) is 18.4 Å². The third kappa shape index (κ3) is 3.30. The average molecular weight is 494 g/mol. The molecule has 2 saturated heterocycles. The van der Waals surface area contributed by atoms with Crippen LogP contribution in [0, 0.1) is 11.3 Å². The first kappa shape index (κ1) is 24.6. The molecule has 5 N–H and O–H groups in total. The fourth-order valence-corrected chi connectivity index (χ4v) is 6.60. The molecule has 0 radical (unpaired) electrons.